The van der Waals surface area contributed by atoms with Crippen molar-refractivity contribution in [1.29, 1.82) is 0 Å². The van der Waals surface area contributed by atoms with Gasteiger partial charge in [-0.3, -0.25) is 0 Å². The quantitative estimate of drug-likeness (QED) is 0.829. The number of benzene rings is 1. The first-order chi connectivity index (χ1) is 11.1. The summed E-state index contributed by atoms with van der Waals surface area (Å²) in [5.41, 5.74) is 2.28. The second-order valence-corrected chi connectivity index (χ2v) is 8.58. The fourth-order valence-corrected chi connectivity index (χ4v) is 4.94. The normalized spacial score (nSPS) is 20.3. The molecule has 3 rings (SSSR count). The van der Waals surface area contributed by atoms with Gasteiger partial charge in [0.2, 0.25) is 0 Å². The predicted octanol–water partition coefficient (Wildman–Crippen LogP) is 2.45. The van der Waals surface area contributed by atoms with Crippen molar-refractivity contribution in [1.82, 2.24) is 8.61 Å². The van der Waals surface area contributed by atoms with Crippen LogP contribution in [0.25, 0.3) is 0 Å². The molecule has 1 aromatic rings. The van der Waals surface area contributed by atoms with Gasteiger partial charge in [-0.1, -0.05) is 24.6 Å². The Morgan fingerprint density at radius 3 is 2.26 bits per heavy atom. The topological polar surface area (TPSA) is 43.9 Å². The molecule has 2 fully saturated rings. The Labute approximate surface area is 140 Å². The molecule has 5 nitrogen and oxygen atoms in total. The second-order valence-electron chi connectivity index (χ2n) is 6.55. The van der Waals surface area contributed by atoms with Crippen LogP contribution in [0.2, 0.25) is 0 Å². The van der Waals surface area contributed by atoms with Crippen molar-refractivity contribution in [3.63, 3.8) is 0 Å². The third-order valence-electron chi connectivity index (χ3n) is 4.87. The van der Waals surface area contributed by atoms with E-state index in [0.29, 0.717) is 19.6 Å². The average Bonchev–Trinajstić information content (AvgIpc) is 3.10. The maximum Gasteiger partial charge on any atom is 0.282 e. The summed E-state index contributed by atoms with van der Waals surface area (Å²) in [4.78, 5) is 2.37. The summed E-state index contributed by atoms with van der Waals surface area (Å²) in [5, 5.41) is 0. The van der Waals surface area contributed by atoms with E-state index < -0.39 is 10.2 Å². The Morgan fingerprint density at radius 2 is 1.57 bits per heavy atom. The molecule has 1 aromatic carbocycles. The maximum absolute atomic E-state index is 12.8. The van der Waals surface area contributed by atoms with Gasteiger partial charge in [-0.05, 0) is 37.3 Å². The van der Waals surface area contributed by atoms with E-state index in [1.165, 1.54) is 22.8 Å². The van der Waals surface area contributed by atoms with Crippen molar-refractivity contribution in [2.45, 2.75) is 38.6 Å². The summed E-state index contributed by atoms with van der Waals surface area (Å²) in [6.07, 6.45) is 5.51. The molecule has 23 heavy (non-hydrogen) atoms. The molecule has 2 aliphatic rings. The molecule has 0 amide bonds. The monoisotopic (exact) mass is 337 g/mol. The average molecular weight is 337 g/mol. The minimum absolute atomic E-state index is 0.436. The van der Waals surface area contributed by atoms with Gasteiger partial charge in [0, 0.05) is 45.5 Å². The smallest absolute Gasteiger partial charge is 0.282 e. The number of piperidine rings is 1. The molecular weight excluding hydrogens is 310 g/mol. The molecule has 0 atom stereocenters. The van der Waals surface area contributed by atoms with E-state index in [-0.39, 0.29) is 0 Å². The van der Waals surface area contributed by atoms with E-state index >= 15 is 0 Å². The van der Waals surface area contributed by atoms with Gasteiger partial charge in [-0.2, -0.15) is 17.0 Å². The highest BCUT2D eigenvalue weighted by Gasteiger charge is 2.29. The van der Waals surface area contributed by atoms with Crippen LogP contribution >= 0.6 is 0 Å². The van der Waals surface area contributed by atoms with Gasteiger partial charge < -0.3 is 4.90 Å². The second kappa shape index (κ2) is 7.20. The highest BCUT2D eigenvalue weighted by atomic mass is 32.2. The molecule has 0 aliphatic carbocycles. The van der Waals surface area contributed by atoms with Gasteiger partial charge in [-0.15, -0.1) is 0 Å². The zero-order chi connectivity index (χ0) is 16.3. The van der Waals surface area contributed by atoms with Crippen LogP contribution in [-0.4, -0.2) is 50.3 Å². The van der Waals surface area contributed by atoms with Crippen LogP contribution in [-0.2, 0) is 16.8 Å². The first-order valence-corrected chi connectivity index (χ1v) is 10.0. The predicted molar refractivity (Wildman–Crippen MR) is 93.7 cm³/mol. The largest absolute Gasteiger partial charge is 0.371 e. The summed E-state index contributed by atoms with van der Waals surface area (Å²) in [6, 6.07) is 8.20. The van der Waals surface area contributed by atoms with E-state index in [2.05, 4.69) is 17.0 Å². The zero-order valence-corrected chi connectivity index (χ0v) is 14.8. The van der Waals surface area contributed by atoms with Crippen LogP contribution in [0.1, 0.15) is 37.7 Å². The van der Waals surface area contributed by atoms with Crippen LogP contribution in [0.3, 0.4) is 0 Å². The molecule has 0 bridgehead atoms. The lowest BCUT2D eigenvalue weighted by Crippen LogP contribution is -2.44. The highest BCUT2D eigenvalue weighted by molar-refractivity contribution is 7.86. The highest BCUT2D eigenvalue weighted by Crippen LogP contribution is 2.26. The summed E-state index contributed by atoms with van der Waals surface area (Å²) in [7, 11) is -1.65. The molecule has 0 N–H and O–H groups in total. The Kier molecular flexibility index (Phi) is 5.24. The Bertz CT molecular complexity index is 620. The van der Waals surface area contributed by atoms with Gasteiger partial charge >= 0.3 is 0 Å². The van der Waals surface area contributed by atoms with Crippen LogP contribution in [0.15, 0.2) is 24.3 Å². The van der Waals surface area contributed by atoms with Crippen LogP contribution < -0.4 is 4.90 Å². The summed E-state index contributed by atoms with van der Waals surface area (Å²) in [5.74, 6) is 0. The van der Waals surface area contributed by atoms with Gasteiger partial charge in [0.1, 0.15) is 0 Å². The van der Waals surface area contributed by atoms with Gasteiger partial charge in [0.25, 0.3) is 10.2 Å². The molecule has 0 aromatic heterocycles. The fraction of sp³-hybridized carbons (Fsp3) is 0.647. The molecule has 0 unspecified atom stereocenters. The molecule has 2 saturated heterocycles. The van der Waals surface area contributed by atoms with Gasteiger partial charge in [0.15, 0.2) is 0 Å². The Morgan fingerprint density at radius 1 is 0.957 bits per heavy atom. The first kappa shape index (κ1) is 16.7. The molecular formula is C17H27N3O2S. The Balaban J connectivity index is 1.76. The van der Waals surface area contributed by atoms with E-state index in [4.69, 9.17) is 0 Å². The molecule has 0 radical (unpaired) electrons. The summed E-state index contributed by atoms with van der Waals surface area (Å²) >= 11 is 0. The van der Waals surface area contributed by atoms with Crippen LogP contribution in [0.5, 0.6) is 0 Å². The van der Waals surface area contributed by atoms with E-state index in [0.717, 1.165) is 37.9 Å². The minimum Gasteiger partial charge on any atom is -0.371 e. The number of nitrogens with zero attached hydrogens (tertiary/aromatic N) is 3. The maximum atomic E-state index is 12.8. The van der Waals surface area contributed by atoms with Crippen molar-refractivity contribution < 1.29 is 8.42 Å². The van der Waals surface area contributed by atoms with Crippen molar-refractivity contribution in [3.8, 4) is 0 Å². The molecule has 2 heterocycles. The molecule has 2 aliphatic heterocycles. The fourth-order valence-electron chi connectivity index (χ4n) is 3.53. The molecule has 6 heteroatoms. The number of hydrogen-bond donors (Lipinski definition) is 0. The first-order valence-electron chi connectivity index (χ1n) is 8.63. The number of para-hydroxylation sites is 1. The SMILES string of the molecule is CN(Cc1ccccc1N1CCCC1)S(=O)(=O)N1CCCCC1. The molecule has 0 saturated carbocycles. The van der Waals surface area contributed by atoms with E-state index in [9.17, 15) is 8.42 Å². The minimum atomic E-state index is -3.35. The standard InChI is InChI=1S/C17H27N3O2S/c1-18(23(21,22)20-13-5-2-6-14-20)15-16-9-3-4-10-17(16)19-11-7-8-12-19/h3-4,9-10H,2,5-8,11-15H2,1H3. The molecule has 0 spiro atoms. The molecule has 128 valence electrons. The lowest BCUT2D eigenvalue weighted by molar-refractivity contribution is 0.314. The van der Waals surface area contributed by atoms with E-state index in [1.807, 2.05) is 12.1 Å². The van der Waals surface area contributed by atoms with Crippen LogP contribution in [0.4, 0.5) is 5.69 Å². The zero-order valence-electron chi connectivity index (χ0n) is 13.9. The number of anilines is 1. The van der Waals surface area contributed by atoms with Crippen molar-refractivity contribution >= 4 is 15.9 Å². The lowest BCUT2D eigenvalue weighted by Gasteiger charge is -2.31. The summed E-state index contributed by atoms with van der Waals surface area (Å²) < 4.78 is 28.7. The van der Waals surface area contributed by atoms with E-state index in [1.54, 1.807) is 11.4 Å². The van der Waals surface area contributed by atoms with Crippen molar-refractivity contribution in [3.05, 3.63) is 29.8 Å². The lowest BCUT2D eigenvalue weighted by atomic mass is 10.1. The Hall–Kier alpha value is -1.11. The van der Waals surface area contributed by atoms with Gasteiger partial charge in [-0.25, -0.2) is 0 Å². The number of rotatable bonds is 5. The van der Waals surface area contributed by atoms with Crippen molar-refractivity contribution in [2.24, 2.45) is 0 Å². The third-order valence-corrected chi connectivity index (χ3v) is 6.80. The van der Waals surface area contributed by atoms with Gasteiger partial charge in [0.05, 0.1) is 0 Å². The van der Waals surface area contributed by atoms with Crippen LogP contribution in [0, 0.1) is 0 Å². The van der Waals surface area contributed by atoms with Crippen molar-refractivity contribution in [2.75, 3.05) is 38.1 Å². The number of hydrogen-bond acceptors (Lipinski definition) is 3. The third kappa shape index (κ3) is 3.70. The summed E-state index contributed by atoms with van der Waals surface area (Å²) in [6.45, 7) is 3.88.